The molecule has 1 heteroatoms. The highest BCUT2D eigenvalue weighted by molar-refractivity contribution is 5.25. The summed E-state index contributed by atoms with van der Waals surface area (Å²) < 4.78 is 0. The summed E-state index contributed by atoms with van der Waals surface area (Å²) in [7, 11) is 0. The third kappa shape index (κ3) is 6.77. The van der Waals surface area contributed by atoms with Crippen molar-refractivity contribution in [3.63, 3.8) is 0 Å². The van der Waals surface area contributed by atoms with Gasteiger partial charge in [0.05, 0.1) is 0 Å². The molecule has 0 heterocycles. The molecule has 0 aliphatic carbocycles. The van der Waals surface area contributed by atoms with Gasteiger partial charge in [-0.3, -0.25) is 0 Å². The van der Waals surface area contributed by atoms with Crippen LogP contribution in [0.4, 0.5) is 0 Å². The zero-order valence-electron chi connectivity index (χ0n) is 12.8. The van der Waals surface area contributed by atoms with Gasteiger partial charge in [-0.05, 0) is 24.0 Å². The molecular weight excluding hydrogens is 230 g/mol. The zero-order chi connectivity index (χ0) is 13.9. The fraction of sp³-hybridized carbons (Fsp3) is 0.667. The Morgan fingerprint density at radius 1 is 0.947 bits per heavy atom. The molecule has 0 spiro atoms. The van der Waals surface area contributed by atoms with Gasteiger partial charge in [-0.1, -0.05) is 83.1 Å². The molecule has 0 radical (unpaired) electrons. The molecule has 1 atom stereocenters. The first-order valence-corrected chi connectivity index (χ1v) is 8.12. The molecule has 1 aromatic rings. The number of hydrogen-bond donors (Lipinski definition) is 1. The highest BCUT2D eigenvalue weighted by Crippen LogP contribution is 2.19. The van der Waals surface area contributed by atoms with Crippen molar-refractivity contribution in [2.24, 2.45) is 5.73 Å². The largest absolute Gasteiger partial charge is 0.324 e. The summed E-state index contributed by atoms with van der Waals surface area (Å²) in [5, 5.41) is 0. The average molecular weight is 261 g/mol. The van der Waals surface area contributed by atoms with Crippen molar-refractivity contribution in [1.29, 1.82) is 0 Å². The third-order valence-corrected chi connectivity index (χ3v) is 3.79. The molecule has 1 nitrogen and oxygen atoms in total. The lowest BCUT2D eigenvalue weighted by molar-refractivity contribution is 0.547. The Kier molecular flexibility index (Phi) is 8.57. The van der Waals surface area contributed by atoms with E-state index in [9.17, 15) is 0 Å². The van der Waals surface area contributed by atoms with Crippen molar-refractivity contribution in [2.45, 2.75) is 77.7 Å². The second kappa shape index (κ2) is 10.0. The molecule has 0 saturated carbocycles. The van der Waals surface area contributed by atoms with Crippen molar-refractivity contribution in [2.75, 3.05) is 0 Å². The maximum Gasteiger partial charge on any atom is 0.0294 e. The lowest BCUT2D eigenvalue weighted by Gasteiger charge is -2.13. The van der Waals surface area contributed by atoms with Gasteiger partial charge in [0.1, 0.15) is 0 Å². The first kappa shape index (κ1) is 16.2. The molecule has 19 heavy (non-hydrogen) atoms. The van der Waals surface area contributed by atoms with E-state index in [1.807, 2.05) is 0 Å². The van der Waals surface area contributed by atoms with E-state index < -0.39 is 0 Å². The summed E-state index contributed by atoms with van der Waals surface area (Å²) in [5.74, 6) is 0. The predicted octanol–water partition coefficient (Wildman–Crippen LogP) is 5.39. The first-order chi connectivity index (χ1) is 9.27. The van der Waals surface area contributed by atoms with Crippen molar-refractivity contribution in [1.82, 2.24) is 0 Å². The Balaban J connectivity index is 2.28. The normalized spacial score (nSPS) is 12.6. The van der Waals surface area contributed by atoms with E-state index in [1.165, 1.54) is 56.1 Å². The van der Waals surface area contributed by atoms with Crippen LogP contribution in [0.15, 0.2) is 24.3 Å². The summed E-state index contributed by atoms with van der Waals surface area (Å²) in [6.07, 6.45) is 11.6. The van der Waals surface area contributed by atoms with E-state index in [2.05, 4.69) is 38.1 Å². The maximum absolute atomic E-state index is 6.30. The molecule has 0 fully saturated rings. The van der Waals surface area contributed by atoms with Gasteiger partial charge < -0.3 is 5.73 Å². The fourth-order valence-corrected chi connectivity index (χ4v) is 2.58. The van der Waals surface area contributed by atoms with Gasteiger partial charge in [-0.2, -0.15) is 0 Å². The van der Waals surface area contributed by atoms with Gasteiger partial charge in [-0.25, -0.2) is 0 Å². The summed E-state index contributed by atoms with van der Waals surface area (Å²) in [4.78, 5) is 0. The Labute approximate surface area is 119 Å². The number of nitrogens with two attached hydrogens (primary N) is 1. The van der Waals surface area contributed by atoms with Gasteiger partial charge in [0.2, 0.25) is 0 Å². The Morgan fingerprint density at radius 2 is 1.68 bits per heavy atom. The molecule has 108 valence electrons. The minimum Gasteiger partial charge on any atom is -0.324 e. The average Bonchev–Trinajstić information content (AvgIpc) is 2.43. The van der Waals surface area contributed by atoms with Crippen LogP contribution in [-0.2, 0) is 6.42 Å². The number of benzene rings is 1. The number of aryl methyl sites for hydroxylation is 1. The van der Waals surface area contributed by atoms with E-state index in [4.69, 9.17) is 5.73 Å². The Morgan fingerprint density at radius 3 is 2.42 bits per heavy atom. The SMILES string of the molecule is CCCCCCCCC(N)c1cccc(CCC)c1. The summed E-state index contributed by atoms with van der Waals surface area (Å²) >= 11 is 0. The lowest BCUT2D eigenvalue weighted by Crippen LogP contribution is -2.10. The molecule has 1 rings (SSSR count). The fourth-order valence-electron chi connectivity index (χ4n) is 2.58. The summed E-state index contributed by atoms with van der Waals surface area (Å²) in [6, 6.07) is 9.07. The number of rotatable bonds is 10. The monoisotopic (exact) mass is 261 g/mol. The van der Waals surface area contributed by atoms with Gasteiger partial charge in [0.25, 0.3) is 0 Å². The van der Waals surface area contributed by atoms with Crippen LogP contribution in [0.5, 0.6) is 0 Å². The molecule has 0 aliphatic rings. The molecule has 1 aromatic carbocycles. The van der Waals surface area contributed by atoms with Crippen LogP contribution in [0.2, 0.25) is 0 Å². The van der Waals surface area contributed by atoms with Gasteiger partial charge in [0, 0.05) is 6.04 Å². The van der Waals surface area contributed by atoms with E-state index in [-0.39, 0.29) is 6.04 Å². The van der Waals surface area contributed by atoms with Crippen LogP contribution in [-0.4, -0.2) is 0 Å². The first-order valence-electron chi connectivity index (χ1n) is 8.12. The van der Waals surface area contributed by atoms with Gasteiger partial charge >= 0.3 is 0 Å². The van der Waals surface area contributed by atoms with Crippen molar-refractivity contribution in [3.8, 4) is 0 Å². The smallest absolute Gasteiger partial charge is 0.0294 e. The molecule has 1 unspecified atom stereocenters. The van der Waals surface area contributed by atoms with Crippen molar-refractivity contribution >= 4 is 0 Å². The van der Waals surface area contributed by atoms with E-state index in [0.717, 1.165) is 12.8 Å². The highest BCUT2D eigenvalue weighted by Gasteiger charge is 2.06. The predicted molar refractivity (Wildman–Crippen MR) is 85.4 cm³/mol. The molecule has 0 amide bonds. The minimum atomic E-state index is 0.225. The number of unbranched alkanes of at least 4 members (excludes halogenated alkanes) is 5. The van der Waals surface area contributed by atoms with E-state index >= 15 is 0 Å². The Hall–Kier alpha value is -0.820. The molecule has 2 N–H and O–H groups in total. The van der Waals surface area contributed by atoms with E-state index in [1.54, 1.807) is 0 Å². The Bertz CT molecular complexity index is 332. The van der Waals surface area contributed by atoms with E-state index in [0.29, 0.717) is 0 Å². The van der Waals surface area contributed by atoms with Gasteiger partial charge in [0.15, 0.2) is 0 Å². The van der Waals surface area contributed by atoms with Crippen molar-refractivity contribution < 1.29 is 0 Å². The van der Waals surface area contributed by atoms with Crippen LogP contribution < -0.4 is 5.73 Å². The molecular formula is C18H31N. The molecule has 0 bridgehead atoms. The quantitative estimate of drug-likeness (QED) is 0.561. The molecule has 0 saturated heterocycles. The zero-order valence-corrected chi connectivity index (χ0v) is 12.8. The molecule has 0 aliphatic heterocycles. The topological polar surface area (TPSA) is 26.0 Å². The maximum atomic E-state index is 6.30. The molecule has 0 aromatic heterocycles. The summed E-state index contributed by atoms with van der Waals surface area (Å²) in [6.45, 7) is 4.49. The summed E-state index contributed by atoms with van der Waals surface area (Å²) in [5.41, 5.74) is 9.05. The van der Waals surface area contributed by atoms with Gasteiger partial charge in [-0.15, -0.1) is 0 Å². The van der Waals surface area contributed by atoms with Crippen LogP contribution in [0.3, 0.4) is 0 Å². The third-order valence-electron chi connectivity index (χ3n) is 3.79. The second-order valence-electron chi connectivity index (χ2n) is 5.66. The second-order valence-corrected chi connectivity index (χ2v) is 5.66. The minimum absolute atomic E-state index is 0.225. The van der Waals surface area contributed by atoms with Crippen LogP contribution in [0.1, 0.15) is 82.4 Å². The standard InChI is InChI=1S/C18H31N/c1-3-5-6-7-8-9-14-18(19)17-13-10-12-16(15-17)11-4-2/h10,12-13,15,18H,3-9,11,14,19H2,1-2H3. The number of hydrogen-bond acceptors (Lipinski definition) is 1. The highest BCUT2D eigenvalue weighted by atomic mass is 14.6. The van der Waals surface area contributed by atoms with Crippen molar-refractivity contribution in [3.05, 3.63) is 35.4 Å². The van der Waals surface area contributed by atoms with Crippen LogP contribution in [0, 0.1) is 0 Å². The van der Waals surface area contributed by atoms with Crippen LogP contribution >= 0.6 is 0 Å². The lowest BCUT2D eigenvalue weighted by atomic mass is 9.98. The van der Waals surface area contributed by atoms with Crippen LogP contribution in [0.25, 0.3) is 0 Å².